The minimum atomic E-state index is -0.277. The second-order valence-corrected chi connectivity index (χ2v) is 5.86. The van der Waals surface area contributed by atoms with Gasteiger partial charge in [-0.25, -0.2) is 5.43 Å². The van der Waals surface area contributed by atoms with Crippen molar-refractivity contribution >= 4 is 23.7 Å². The van der Waals surface area contributed by atoms with Crippen molar-refractivity contribution in [2.24, 2.45) is 5.10 Å². The molecule has 0 atom stereocenters. The van der Waals surface area contributed by atoms with Gasteiger partial charge in [-0.1, -0.05) is 23.7 Å². The lowest BCUT2D eigenvalue weighted by atomic mass is 10.1. The van der Waals surface area contributed by atoms with E-state index in [0.717, 1.165) is 16.9 Å². The van der Waals surface area contributed by atoms with Gasteiger partial charge in [0.1, 0.15) is 12.4 Å². The summed E-state index contributed by atoms with van der Waals surface area (Å²) >= 11 is 5.84. The number of pyridine rings is 1. The number of amides is 1. The molecular weight excluding hydrogens is 350 g/mol. The normalized spacial score (nSPS) is 10.7. The van der Waals surface area contributed by atoms with Crippen molar-refractivity contribution in [3.05, 3.63) is 94.8 Å². The van der Waals surface area contributed by atoms with Gasteiger partial charge in [-0.05, 0) is 59.7 Å². The number of aromatic nitrogens is 1. The fraction of sp³-hybridized carbons (Fsp3) is 0.0500. The molecule has 0 fully saturated rings. The number of hydrogen-bond donors (Lipinski definition) is 1. The number of carbonyl (C=O) groups excluding carboxylic acids is 1. The zero-order valence-electron chi connectivity index (χ0n) is 13.8. The van der Waals surface area contributed by atoms with Crippen LogP contribution in [0.15, 0.2) is 78.2 Å². The molecule has 0 bridgehead atoms. The van der Waals surface area contributed by atoms with Gasteiger partial charge in [0.15, 0.2) is 0 Å². The Kier molecular flexibility index (Phi) is 5.96. The van der Waals surface area contributed by atoms with Crippen molar-refractivity contribution < 1.29 is 9.53 Å². The smallest absolute Gasteiger partial charge is 0.271 e. The average Bonchev–Trinajstić information content (AvgIpc) is 2.69. The third-order valence-corrected chi connectivity index (χ3v) is 3.77. The molecule has 0 aliphatic rings. The highest BCUT2D eigenvalue weighted by Crippen LogP contribution is 2.17. The fourth-order valence-electron chi connectivity index (χ4n) is 2.13. The van der Waals surface area contributed by atoms with E-state index >= 15 is 0 Å². The van der Waals surface area contributed by atoms with Crippen molar-refractivity contribution in [1.82, 2.24) is 10.4 Å². The van der Waals surface area contributed by atoms with Crippen molar-refractivity contribution in [2.45, 2.75) is 6.61 Å². The standard InChI is InChI=1S/C20H16ClN3O2/c21-18-5-7-19(8-6-18)26-14-16-1-3-17(4-2-16)20(25)24-23-13-15-9-11-22-12-10-15/h1-13H,14H2,(H,24,25)/b23-13+. The minimum Gasteiger partial charge on any atom is -0.489 e. The summed E-state index contributed by atoms with van der Waals surface area (Å²) < 4.78 is 5.67. The lowest BCUT2D eigenvalue weighted by Crippen LogP contribution is -2.17. The van der Waals surface area contributed by atoms with E-state index in [1.54, 1.807) is 55.0 Å². The molecule has 1 N–H and O–H groups in total. The summed E-state index contributed by atoms with van der Waals surface area (Å²) in [5.41, 5.74) is 4.83. The summed E-state index contributed by atoms with van der Waals surface area (Å²) in [7, 11) is 0. The number of hydrazone groups is 1. The van der Waals surface area contributed by atoms with E-state index in [9.17, 15) is 4.79 Å². The molecule has 0 radical (unpaired) electrons. The molecular formula is C20H16ClN3O2. The highest BCUT2D eigenvalue weighted by molar-refractivity contribution is 6.30. The first-order valence-corrected chi connectivity index (χ1v) is 8.29. The molecule has 3 aromatic rings. The van der Waals surface area contributed by atoms with Crippen LogP contribution in [0.4, 0.5) is 0 Å². The Morgan fingerprint density at radius 3 is 2.42 bits per heavy atom. The van der Waals surface area contributed by atoms with Crippen LogP contribution in [-0.4, -0.2) is 17.1 Å². The summed E-state index contributed by atoms with van der Waals surface area (Å²) in [5.74, 6) is 0.460. The Labute approximate surface area is 156 Å². The highest BCUT2D eigenvalue weighted by Gasteiger charge is 2.04. The Hall–Kier alpha value is -3.18. The molecule has 0 unspecified atom stereocenters. The van der Waals surface area contributed by atoms with Crippen LogP contribution in [0, 0.1) is 0 Å². The largest absolute Gasteiger partial charge is 0.489 e. The molecule has 3 rings (SSSR count). The molecule has 5 nitrogen and oxygen atoms in total. The van der Waals surface area contributed by atoms with Gasteiger partial charge in [0.05, 0.1) is 6.21 Å². The third kappa shape index (κ3) is 5.16. The maximum Gasteiger partial charge on any atom is 0.271 e. The second-order valence-electron chi connectivity index (χ2n) is 5.42. The van der Waals surface area contributed by atoms with Crippen molar-refractivity contribution in [3.8, 4) is 5.75 Å². The number of benzene rings is 2. The van der Waals surface area contributed by atoms with Crippen LogP contribution in [0.5, 0.6) is 5.75 Å². The Bertz CT molecular complexity index is 879. The zero-order chi connectivity index (χ0) is 18.2. The predicted octanol–water partition coefficient (Wildman–Crippen LogP) is 4.08. The van der Waals surface area contributed by atoms with Crippen LogP contribution in [0.1, 0.15) is 21.5 Å². The van der Waals surface area contributed by atoms with Crippen molar-refractivity contribution in [1.29, 1.82) is 0 Å². The van der Waals surface area contributed by atoms with E-state index in [4.69, 9.17) is 16.3 Å². The van der Waals surface area contributed by atoms with Crippen LogP contribution in [-0.2, 0) is 6.61 Å². The monoisotopic (exact) mass is 365 g/mol. The maximum absolute atomic E-state index is 12.1. The molecule has 0 aliphatic heterocycles. The summed E-state index contributed by atoms with van der Waals surface area (Å²) in [6, 6.07) is 17.9. The molecule has 0 spiro atoms. The molecule has 1 aromatic heterocycles. The van der Waals surface area contributed by atoms with E-state index in [-0.39, 0.29) is 5.91 Å². The van der Waals surface area contributed by atoms with E-state index in [0.29, 0.717) is 17.2 Å². The first kappa shape index (κ1) is 17.6. The molecule has 0 saturated heterocycles. The average molecular weight is 366 g/mol. The summed E-state index contributed by atoms with van der Waals surface area (Å²) in [6.07, 6.45) is 4.88. The Balaban J connectivity index is 1.52. The van der Waals surface area contributed by atoms with Gasteiger partial charge in [-0.3, -0.25) is 9.78 Å². The molecule has 1 heterocycles. The van der Waals surface area contributed by atoms with E-state index in [1.807, 2.05) is 24.3 Å². The minimum absolute atomic E-state index is 0.277. The van der Waals surface area contributed by atoms with Crippen molar-refractivity contribution in [2.75, 3.05) is 0 Å². The number of nitrogens with one attached hydrogen (secondary N) is 1. The van der Waals surface area contributed by atoms with Gasteiger partial charge in [0, 0.05) is 23.0 Å². The summed E-state index contributed by atoms with van der Waals surface area (Å²) in [4.78, 5) is 16.0. The Morgan fingerprint density at radius 1 is 1.04 bits per heavy atom. The van der Waals surface area contributed by atoms with Crippen LogP contribution in [0.25, 0.3) is 0 Å². The number of hydrogen-bond acceptors (Lipinski definition) is 4. The molecule has 6 heteroatoms. The maximum atomic E-state index is 12.1. The van der Waals surface area contributed by atoms with Crippen LogP contribution in [0.3, 0.4) is 0 Å². The molecule has 0 aliphatic carbocycles. The van der Waals surface area contributed by atoms with Gasteiger partial charge in [0.25, 0.3) is 5.91 Å². The molecule has 1 amide bonds. The number of ether oxygens (including phenoxy) is 1. The summed E-state index contributed by atoms with van der Waals surface area (Å²) in [6.45, 7) is 0.406. The number of rotatable bonds is 6. The zero-order valence-corrected chi connectivity index (χ0v) is 14.6. The molecule has 26 heavy (non-hydrogen) atoms. The second kappa shape index (κ2) is 8.78. The van der Waals surface area contributed by atoms with Gasteiger partial charge >= 0.3 is 0 Å². The summed E-state index contributed by atoms with van der Waals surface area (Å²) in [5, 5.41) is 4.60. The highest BCUT2D eigenvalue weighted by atomic mass is 35.5. The third-order valence-electron chi connectivity index (χ3n) is 3.52. The molecule has 2 aromatic carbocycles. The number of nitrogens with zero attached hydrogens (tertiary/aromatic N) is 2. The SMILES string of the molecule is O=C(N/N=C/c1ccncc1)c1ccc(COc2ccc(Cl)cc2)cc1. The van der Waals surface area contributed by atoms with Crippen LogP contribution >= 0.6 is 11.6 Å². The lowest BCUT2D eigenvalue weighted by Gasteiger charge is -2.07. The van der Waals surface area contributed by atoms with Crippen LogP contribution in [0.2, 0.25) is 5.02 Å². The molecule has 130 valence electrons. The van der Waals surface area contributed by atoms with Gasteiger partial charge in [-0.2, -0.15) is 5.10 Å². The first-order valence-electron chi connectivity index (χ1n) is 7.91. The van der Waals surface area contributed by atoms with E-state index in [2.05, 4.69) is 15.5 Å². The Morgan fingerprint density at radius 2 is 1.73 bits per heavy atom. The van der Waals surface area contributed by atoms with E-state index < -0.39 is 0 Å². The van der Waals surface area contributed by atoms with Gasteiger partial charge < -0.3 is 4.74 Å². The van der Waals surface area contributed by atoms with Gasteiger partial charge in [-0.15, -0.1) is 0 Å². The topological polar surface area (TPSA) is 63.6 Å². The number of carbonyl (C=O) groups is 1. The van der Waals surface area contributed by atoms with E-state index in [1.165, 1.54) is 0 Å². The van der Waals surface area contributed by atoms with Gasteiger partial charge in [0.2, 0.25) is 0 Å². The first-order chi connectivity index (χ1) is 12.7. The number of halogens is 1. The lowest BCUT2D eigenvalue weighted by molar-refractivity contribution is 0.0955. The molecule has 0 saturated carbocycles. The van der Waals surface area contributed by atoms with Crippen LogP contribution < -0.4 is 10.2 Å². The fourth-order valence-corrected chi connectivity index (χ4v) is 2.26. The quantitative estimate of drug-likeness (QED) is 0.529. The van der Waals surface area contributed by atoms with Crippen molar-refractivity contribution in [3.63, 3.8) is 0 Å². The predicted molar refractivity (Wildman–Crippen MR) is 102 cm³/mol.